The Labute approximate surface area is 141 Å². The minimum atomic E-state index is -3.71. The van der Waals surface area contributed by atoms with Crippen LogP contribution in [0.5, 0.6) is 0 Å². The number of nitrogens with one attached hydrogen (secondary N) is 1. The van der Waals surface area contributed by atoms with E-state index in [1.165, 1.54) is 30.3 Å². The summed E-state index contributed by atoms with van der Waals surface area (Å²) >= 11 is 0. The Morgan fingerprint density at radius 1 is 1.17 bits per heavy atom. The maximum absolute atomic E-state index is 12.6. The van der Waals surface area contributed by atoms with Crippen LogP contribution in [0.2, 0.25) is 0 Å². The normalized spacial score (nSPS) is 12.1. The Kier molecular flexibility index (Phi) is 6.35. The number of benzene rings is 1. The third kappa shape index (κ3) is 4.11. The van der Waals surface area contributed by atoms with Crippen molar-refractivity contribution in [2.45, 2.75) is 37.1 Å². The van der Waals surface area contributed by atoms with Gasteiger partial charge in [0.2, 0.25) is 10.0 Å². The van der Waals surface area contributed by atoms with Crippen LogP contribution in [0.4, 0.5) is 0 Å². The molecule has 0 atom stereocenters. The van der Waals surface area contributed by atoms with Gasteiger partial charge in [-0.05, 0) is 37.1 Å². The zero-order valence-electron chi connectivity index (χ0n) is 13.0. The summed E-state index contributed by atoms with van der Waals surface area (Å²) in [5.41, 5.74) is 4.97. The first kappa shape index (κ1) is 19.6. The fourth-order valence-corrected chi connectivity index (χ4v) is 3.87. The van der Waals surface area contributed by atoms with Crippen LogP contribution < -0.4 is 16.1 Å². The van der Waals surface area contributed by atoms with Crippen molar-refractivity contribution >= 4 is 33.4 Å². The predicted molar refractivity (Wildman–Crippen MR) is 92.4 cm³/mol. The van der Waals surface area contributed by atoms with Gasteiger partial charge in [0.1, 0.15) is 5.58 Å². The zero-order valence-corrected chi connectivity index (χ0v) is 14.7. The number of nitrogens with two attached hydrogens (primary N) is 1. The lowest BCUT2D eigenvalue weighted by Gasteiger charge is -2.31. The van der Waals surface area contributed by atoms with E-state index in [1.54, 1.807) is 0 Å². The van der Waals surface area contributed by atoms with E-state index in [0.717, 1.165) is 0 Å². The number of rotatable bonds is 6. The van der Waals surface area contributed by atoms with E-state index in [-0.39, 0.29) is 23.8 Å². The van der Waals surface area contributed by atoms with Crippen LogP contribution in [0, 0.1) is 0 Å². The molecule has 8 heteroatoms. The van der Waals surface area contributed by atoms with Gasteiger partial charge in [-0.3, -0.25) is 0 Å². The lowest BCUT2D eigenvalue weighted by molar-refractivity contribution is 0.363. The number of hydrogen-bond acceptors (Lipinski definition) is 5. The third-order valence-corrected chi connectivity index (χ3v) is 5.57. The second-order valence-electron chi connectivity index (χ2n) is 5.25. The van der Waals surface area contributed by atoms with Crippen molar-refractivity contribution in [1.29, 1.82) is 0 Å². The summed E-state index contributed by atoms with van der Waals surface area (Å²) in [6.07, 6.45) is 1.20. The van der Waals surface area contributed by atoms with Crippen LogP contribution in [-0.4, -0.2) is 20.5 Å². The maximum atomic E-state index is 12.6. The first-order valence-corrected chi connectivity index (χ1v) is 8.62. The molecule has 0 aliphatic rings. The quantitative estimate of drug-likeness (QED) is 0.767. The minimum Gasteiger partial charge on any atom is -0.423 e. The molecule has 128 valence electrons. The smallest absolute Gasteiger partial charge is 0.336 e. The summed E-state index contributed by atoms with van der Waals surface area (Å²) in [6, 6.07) is 7.17. The largest absolute Gasteiger partial charge is 0.423 e. The van der Waals surface area contributed by atoms with Gasteiger partial charge in [-0.2, -0.15) is 0 Å². The summed E-state index contributed by atoms with van der Waals surface area (Å²) in [4.78, 5) is 11.3. The van der Waals surface area contributed by atoms with Gasteiger partial charge in [-0.1, -0.05) is 13.8 Å². The average molecular weight is 361 g/mol. The van der Waals surface area contributed by atoms with Crippen molar-refractivity contribution in [2.75, 3.05) is 6.54 Å². The summed E-state index contributed by atoms with van der Waals surface area (Å²) in [5, 5.41) is 0.550. The Morgan fingerprint density at radius 2 is 1.83 bits per heavy atom. The van der Waals surface area contributed by atoms with E-state index < -0.39 is 21.2 Å². The van der Waals surface area contributed by atoms with Crippen LogP contribution in [0.15, 0.2) is 44.4 Å². The first-order chi connectivity index (χ1) is 10.4. The van der Waals surface area contributed by atoms with Crippen LogP contribution in [0.3, 0.4) is 0 Å². The van der Waals surface area contributed by atoms with Gasteiger partial charge in [0.15, 0.2) is 0 Å². The molecule has 0 fully saturated rings. The molecule has 0 bridgehead atoms. The predicted octanol–water partition coefficient (Wildman–Crippen LogP) is 2.01. The lowest BCUT2D eigenvalue weighted by Crippen LogP contribution is -2.52. The molecule has 0 aliphatic carbocycles. The molecule has 0 aliphatic heterocycles. The molecular weight excluding hydrogens is 340 g/mol. The average Bonchev–Trinajstić information content (AvgIpc) is 2.52. The summed E-state index contributed by atoms with van der Waals surface area (Å²) in [7, 11) is -3.71. The van der Waals surface area contributed by atoms with E-state index in [4.69, 9.17) is 10.2 Å². The second kappa shape index (κ2) is 7.44. The van der Waals surface area contributed by atoms with E-state index in [9.17, 15) is 13.2 Å². The maximum Gasteiger partial charge on any atom is 0.336 e. The van der Waals surface area contributed by atoms with Crippen molar-refractivity contribution in [3.63, 3.8) is 0 Å². The van der Waals surface area contributed by atoms with Crippen molar-refractivity contribution in [3.05, 3.63) is 40.8 Å². The van der Waals surface area contributed by atoms with Crippen LogP contribution >= 0.6 is 12.4 Å². The molecule has 23 heavy (non-hydrogen) atoms. The number of hydrogen-bond donors (Lipinski definition) is 2. The van der Waals surface area contributed by atoms with Gasteiger partial charge < -0.3 is 10.2 Å². The minimum absolute atomic E-state index is 0. The highest BCUT2D eigenvalue weighted by molar-refractivity contribution is 7.89. The zero-order chi connectivity index (χ0) is 16.4. The van der Waals surface area contributed by atoms with Gasteiger partial charge in [-0.25, -0.2) is 17.9 Å². The summed E-state index contributed by atoms with van der Waals surface area (Å²) in [6.45, 7) is 4.02. The molecule has 0 radical (unpaired) electrons. The molecule has 0 unspecified atom stereocenters. The Balaban J connectivity index is 0.00000264. The van der Waals surface area contributed by atoms with Gasteiger partial charge >= 0.3 is 5.63 Å². The highest BCUT2D eigenvalue weighted by atomic mass is 35.5. The molecule has 0 saturated heterocycles. The Bertz CT molecular complexity index is 820. The standard InChI is InChI=1S/C15H20N2O4S.ClH/c1-3-15(4-2,10-16)17-22(19,20)12-6-7-13-11(9-12)5-8-14(18)21-13;/h5-9,17H,3-4,10,16H2,1-2H3;1H. The van der Waals surface area contributed by atoms with Crippen molar-refractivity contribution in [2.24, 2.45) is 5.73 Å². The monoisotopic (exact) mass is 360 g/mol. The third-order valence-electron chi connectivity index (χ3n) is 4.00. The molecule has 0 spiro atoms. The van der Waals surface area contributed by atoms with Gasteiger partial charge in [0, 0.05) is 23.5 Å². The van der Waals surface area contributed by atoms with E-state index in [1.807, 2.05) is 13.8 Å². The fourth-order valence-electron chi connectivity index (χ4n) is 2.29. The number of sulfonamides is 1. The molecule has 1 aromatic carbocycles. The fraction of sp³-hybridized carbons (Fsp3) is 0.400. The number of halogens is 1. The molecule has 2 rings (SSSR count). The molecule has 0 saturated carbocycles. The highest BCUT2D eigenvalue weighted by Gasteiger charge is 2.30. The van der Waals surface area contributed by atoms with Crippen molar-refractivity contribution < 1.29 is 12.8 Å². The Morgan fingerprint density at radius 3 is 2.39 bits per heavy atom. The molecular formula is C15H21ClN2O4S. The van der Waals surface area contributed by atoms with E-state index >= 15 is 0 Å². The summed E-state index contributed by atoms with van der Waals surface area (Å²) < 4.78 is 32.9. The van der Waals surface area contributed by atoms with Gasteiger partial charge in [-0.15, -0.1) is 12.4 Å². The number of fused-ring (bicyclic) bond motifs is 1. The Hall–Kier alpha value is -1.41. The van der Waals surface area contributed by atoms with E-state index in [0.29, 0.717) is 23.8 Å². The summed E-state index contributed by atoms with van der Waals surface area (Å²) in [5.74, 6) is 0. The van der Waals surface area contributed by atoms with Crippen molar-refractivity contribution in [1.82, 2.24) is 4.72 Å². The van der Waals surface area contributed by atoms with Crippen LogP contribution in [0.1, 0.15) is 26.7 Å². The molecule has 0 amide bonds. The highest BCUT2D eigenvalue weighted by Crippen LogP contribution is 2.21. The van der Waals surface area contributed by atoms with Crippen LogP contribution in [-0.2, 0) is 10.0 Å². The first-order valence-electron chi connectivity index (χ1n) is 7.14. The molecule has 3 N–H and O–H groups in total. The molecule has 1 aromatic heterocycles. The second-order valence-corrected chi connectivity index (χ2v) is 6.93. The van der Waals surface area contributed by atoms with Crippen molar-refractivity contribution in [3.8, 4) is 0 Å². The molecule has 6 nitrogen and oxygen atoms in total. The topological polar surface area (TPSA) is 102 Å². The van der Waals surface area contributed by atoms with Gasteiger partial charge in [0.25, 0.3) is 0 Å². The van der Waals surface area contributed by atoms with Crippen LogP contribution in [0.25, 0.3) is 11.0 Å². The molecule has 1 heterocycles. The van der Waals surface area contributed by atoms with E-state index in [2.05, 4.69) is 4.72 Å². The lowest BCUT2D eigenvalue weighted by atomic mass is 9.95. The van der Waals surface area contributed by atoms with Gasteiger partial charge in [0.05, 0.1) is 4.90 Å². The SMILES string of the molecule is CCC(CC)(CN)NS(=O)(=O)c1ccc2oc(=O)ccc2c1.Cl. The molecule has 2 aromatic rings.